The molecule has 0 bridgehead atoms. The molecule has 0 spiro atoms. The summed E-state index contributed by atoms with van der Waals surface area (Å²) in [5.41, 5.74) is 2.62. The van der Waals surface area contributed by atoms with Gasteiger partial charge in [-0.3, -0.25) is 0 Å². The minimum absolute atomic E-state index is 0.366. The monoisotopic (exact) mass is 374 g/mol. The summed E-state index contributed by atoms with van der Waals surface area (Å²) >= 11 is 7.49. The molecular formula is C14H16Br2O2. The summed E-state index contributed by atoms with van der Waals surface area (Å²) in [5, 5.41) is 0. The highest BCUT2D eigenvalue weighted by atomic mass is 79.9. The van der Waals surface area contributed by atoms with Crippen LogP contribution in [0.15, 0.2) is 16.6 Å². The minimum Gasteiger partial charge on any atom is -0.493 e. The molecular weight excluding hydrogens is 360 g/mol. The van der Waals surface area contributed by atoms with Crippen molar-refractivity contribution >= 4 is 31.9 Å². The Morgan fingerprint density at radius 2 is 1.94 bits per heavy atom. The van der Waals surface area contributed by atoms with Gasteiger partial charge in [0, 0.05) is 34.5 Å². The fraction of sp³-hybridized carbons (Fsp3) is 0.571. The summed E-state index contributed by atoms with van der Waals surface area (Å²) in [6.45, 7) is 2.57. The average molecular weight is 376 g/mol. The van der Waals surface area contributed by atoms with Crippen LogP contribution in [0.5, 0.6) is 5.75 Å². The van der Waals surface area contributed by atoms with Crippen molar-refractivity contribution in [3.63, 3.8) is 0 Å². The zero-order valence-corrected chi connectivity index (χ0v) is 13.3. The molecule has 1 aromatic carbocycles. The van der Waals surface area contributed by atoms with E-state index in [1.165, 1.54) is 11.1 Å². The molecule has 2 aliphatic rings. The van der Waals surface area contributed by atoms with E-state index in [-0.39, 0.29) is 0 Å². The second kappa shape index (κ2) is 5.51. The van der Waals surface area contributed by atoms with Gasteiger partial charge in [-0.2, -0.15) is 0 Å². The van der Waals surface area contributed by atoms with E-state index < -0.39 is 0 Å². The van der Waals surface area contributed by atoms with Crippen molar-refractivity contribution in [2.24, 2.45) is 5.92 Å². The molecule has 1 atom stereocenters. The van der Waals surface area contributed by atoms with Crippen LogP contribution in [0.1, 0.15) is 28.8 Å². The third-order valence-corrected chi connectivity index (χ3v) is 5.45. The van der Waals surface area contributed by atoms with E-state index in [4.69, 9.17) is 9.47 Å². The van der Waals surface area contributed by atoms with Crippen LogP contribution in [0.3, 0.4) is 0 Å². The SMILES string of the molecule is Brc1cc2c(c(C(Br)C3CCOCC3)c1)OCC2. The molecule has 0 amide bonds. The maximum Gasteiger partial charge on any atom is 0.127 e. The quantitative estimate of drug-likeness (QED) is 0.719. The van der Waals surface area contributed by atoms with Gasteiger partial charge < -0.3 is 9.47 Å². The lowest BCUT2D eigenvalue weighted by Gasteiger charge is -2.27. The molecule has 2 aliphatic heterocycles. The second-order valence-corrected chi connectivity index (χ2v) is 6.84. The van der Waals surface area contributed by atoms with Gasteiger partial charge in [-0.1, -0.05) is 31.9 Å². The predicted molar refractivity (Wildman–Crippen MR) is 78.6 cm³/mol. The fourth-order valence-electron chi connectivity index (χ4n) is 2.77. The van der Waals surface area contributed by atoms with Crippen molar-refractivity contribution in [1.82, 2.24) is 0 Å². The first kappa shape index (κ1) is 12.9. The molecule has 0 aliphatic carbocycles. The molecule has 2 nitrogen and oxygen atoms in total. The topological polar surface area (TPSA) is 18.5 Å². The zero-order chi connectivity index (χ0) is 12.5. The van der Waals surface area contributed by atoms with Gasteiger partial charge in [0.05, 0.1) is 6.61 Å². The first-order valence-corrected chi connectivity index (χ1v) is 8.13. The number of rotatable bonds is 2. The van der Waals surface area contributed by atoms with Crippen LogP contribution in [0.25, 0.3) is 0 Å². The molecule has 0 N–H and O–H groups in total. The van der Waals surface area contributed by atoms with Crippen molar-refractivity contribution in [2.45, 2.75) is 24.1 Å². The lowest BCUT2D eigenvalue weighted by atomic mass is 9.91. The van der Waals surface area contributed by atoms with Crippen LogP contribution in [0, 0.1) is 5.92 Å². The largest absolute Gasteiger partial charge is 0.493 e. The summed E-state index contributed by atoms with van der Waals surface area (Å²) in [6, 6.07) is 4.37. The molecule has 0 radical (unpaired) electrons. The van der Waals surface area contributed by atoms with Gasteiger partial charge in [0.2, 0.25) is 0 Å². The average Bonchev–Trinajstić information content (AvgIpc) is 2.86. The van der Waals surface area contributed by atoms with Crippen molar-refractivity contribution in [1.29, 1.82) is 0 Å². The number of fused-ring (bicyclic) bond motifs is 1. The number of ether oxygens (including phenoxy) is 2. The Hall–Kier alpha value is -0.0600. The first-order chi connectivity index (χ1) is 8.75. The van der Waals surface area contributed by atoms with E-state index in [0.717, 1.165) is 49.3 Å². The molecule has 2 heterocycles. The van der Waals surface area contributed by atoms with Crippen LogP contribution in [-0.4, -0.2) is 19.8 Å². The molecule has 1 fully saturated rings. The van der Waals surface area contributed by atoms with Gasteiger partial charge in [-0.15, -0.1) is 0 Å². The van der Waals surface area contributed by atoms with Crippen LogP contribution in [-0.2, 0) is 11.2 Å². The van der Waals surface area contributed by atoms with Crippen LogP contribution in [0.4, 0.5) is 0 Å². The van der Waals surface area contributed by atoms with Crippen molar-refractivity contribution < 1.29 is 9.47 Å². The van der Waals surface area contributed by atoms with Crippen molar-refractivity contribution in [3.8, 4) is 5.75 Å². The van der Waals surface area contributed by atoms with Gasteiger partial charge in [-0.25, -0.2) is 0 Å². The number of benzene rings is 1. The van der Waals surface area contributed by atoms with Crippen molar-refractivity contribution in [2.75, 3.05) is 19.8 Å². The summed E-state index contributed by atoms with van der Waals surface area (Å²) in [4.78, 5) is 0.366. The Labute approximate surface area is 124 Å². The van der Waals surface area contributed by atoms with E-state index in [2.05, 4.69) is 44.0 Å². The molecule has 4 heteroatoms. The highest BCUT2D eigenvalue weighted by Crippen LogP contribution is 2.45. The molecule has 1 saturated heterocycles. The number of hydrogen-bond donors (Lipinski definition) is 0. The number of hydrogen-bond acceptors (Lipinski definition) is 2. The van der Waals surface area contributed by atoms with E-state index in [9.17, 15) is 0 Å². The Bertz CT molecular complexity index is 442. The summed E-state index contributed by atoms with van der Waals surface area (Å²) < 4.78 is 12.4. The molecule has 0 aromatic heterocycles. The summed E-state index contributed by atoms with van der Waals surface area (Å²) in [7, 11) is 0. The van der Waals surface area contributed by atoms with Gasteiger partial charge in [0.15, 0.2) is 0 Å². The second-order valence-electron chi connectivity index (χ2n) is 4.93. The number of alkyl halides is 1. The maximum atomic E-state index is 5.81. The van der Waals surface area contributed by atoms with Gasteiger partial charge in [0.25, 0.3) is 0 Å². The molecule has 3 rings (SSSR count). The smallest absolute Gasteiger partial charge is 0.127 e. The normalized spacial score (nSPS) is 21.4. The van der Waals surface area contributed by atoms with Crippen LogP contribution < -0.4 is 4.74 Å². The van der Waals surface area contributed by atoms with E-state index >= 15 is 0 Å². The van der Waals surface area contributed by atoms with Gasteiger partial charge >= 0.3 is 0 Å². The molecule has 18 heavy (non-hydrogen) atoms. The summed E-state index contributed by atoms with van der Waals surface area (Å²) in [5.74, 6) is 1.74. The van der Waals surface area contributed by atoms with Crippen molar-refractivity contribution in [3.05, 3.63) is 27.7 Å². The fourth-order valence-corrected chi connectivity index (χ4v) is 4.16. The third-order valence-electron chi connectivity index (χ3n) is 3.75. The third kappa shape index (κ3) is 2.47. The Kier molecular flexibility index (Phi) is 3.97. The Morgan fingerprint density at radius 3 is 2.72 bits per heavy atom. The number of halogens is 2. The highest BCUT2D eigenvalue weighted by molar-refractivity contribution is 9.10. The van der Waals surface area contributed by atoms with Gasteiger partial charge in [-0.05, 0) is 36.5 Å². The highest BCUT2D eigenvalue weighted by Gasteiger charge is 2.28. The minimum atomic E-state index is 0.366. The van der Waals surface area contributed by atoms with Crippen LogP contribution >= 0.6 is 31.9 Å². The van der Waals surface area contributed by atoms with Crippen LogP contribution in [0.2, 0.25) is 0 Å². The Balaban J connectivity index is 1.91. The van der Waals surface area contributed by atoms with E-state index in [0.29, 0.717) is 10.7 Å². The molecule has 98 valence electrons. The van der Waals surface area contributed by atoms with E-state index in [1.54, 1.807) is 0 Å². The zero-order valence-electron chi connectivity index (χ0n) is 10.1. The summed E-state index contributed by atoms with van der Waals surface area (Å²) in [6.07, 6.45) is 3.27. The van der Waals surface area contributed by atoms with E-state index in [1.807, 2.05) is 0 Å². The molecule has 1 unspecified atom stereocenters. The Morgan fingerprint density at radius 1 is 1.17 bits per heavy atom. The lowest BCUT2D eigenvalue weighted by molar-refractivity contribution is 0.0660. The molecule has 0 saturated carbocycles. The molecule has 1 aromatic rings. The first-order valence-electron chi connectivity index (χ1n) is 6.42. The maximum absolute atomic E-state index is 5.81. The predicted octanol–water partition coefficient (Wildman–Crippen LogP) is 4.25. The van der Waals surface area contributed by atoms with Gasteiger partial charge in [0.1, 0.15) is 5.75 Å². The standard InChI is InChI=1S/C14H16Br2O2/c15-11-7-10-3-6-18-14(10)12(8-11)13(16)9-1-4-17-5-2-9/h7-9,13H,1-6H2. The lowest BCUT2D eigenvalue weighted by Crippen LogP contribution is -2.19.